The fourth-order valence-corrected chi connectivity index (χ4v) is 1.99. The standard InChI is InChI=1S/C11H14N2O7/c1-5-3-13(10(16)12-9(5)15)8-2-6(14)7(20-8)4-19-11(17)18/h3,6-8,14H,2,4H2,1H3,(H,17,18)(H,12,15,16)/t6-,7+,8+/m0/s1. The van der Waals surface area contributed by atoms with E-state index < -0.39 is 35.8 Å². The van der Waals surface area contributed by atoms with Crippen molar-refractivity contribution in [3.8, 4) is 0 Å². The van der Waals surface area contributed by atoms with E-state index in [0.29, 0.717) is 5.56 Å². The summed E-state index contributed by atoms with van der Waals surface area (Å²) in [4.78, 5) is 35.4. The van der Waals surface area contributed by atoms with Crippen LogP contribution in [0.5, 0.6) is 0 Å². The number of carbonyl (C=O) groups is 1. The molecule has 0 spiro atoms. The van der Waals surface area contributed by atoms with Crippen LogP contribution < -0.4 is 11.2 Å². The number of carboxylic acid groups (broad SMARTS) is 1. The van der Waals surface area contributed by atoms with Crippen molar-refractivity contribution in [1.29, 1.82) is 0 Å². The van der Waals surface area contributed by atoms with Crippen LogP contribution in [-0.4, -0.2) is 44.7 Å². The molecule has 0 radical (unpaired) electrons. The van der Waals surface area contributed by atoms with Crippen LogP contribution in [0.3, 0.4) is 0 Å². The van der Waals surface area contributed by atoms with E-state index >= 15 is 0 Å². The van der Waals surface area contributed by atoms with Crippen molar-refractivity contribution >= 4 is 6.16 Å². The third-order valence-electron chi connectivity index (χ3n) is 3.03. The molecular formula is C11H14N2O7. The summed E-state index contributed by atoms with van der Waals surface area (Å²) in [6.45, 7) is 1.20. The Balaban J connectivity index is 2.16. The van der Waals surface area contributed by atoms with Gasteiger partial charge >= 0.3 is 11.8 Å². The Labute approximate surface area is 112 Å². The van der Waals surface area contributed by atoms with Crippen LogP contribution in [-0.2, 0) is 9.47 Å². The smallest absolute Gasteiger partial charge is 0.450 e. The molecule has 9 heteroatoms. The molecule has 0 aliphatic carbocycles. The van der Waals surface area contributed by atoms with Gasteiger partial charge in [0.2, 0.25) is 0 Å². The van der Waals surface area contributed by atoms with E-state index in [4.69, 9.17) is 9.84 Å². The van der Waals surface area contributed by atoms with E-state index in [9.17, 15) is 19.5 Å². The molecule has 1 aliphatic rings. The fourth-order valence-electron chi connectivity index (χ4n) is 1.99. The first-order chi connectivity index (χ1) is 9.38. The maximum absolute atomic E-state index is 11.7. The summed E-state index contributed by atoms with van der Waals surface area (Å²) in [6.07, 6.45) is -2.64. The summed E-state index contributed by atoms with van der Waals surface area (Å²) in [5.74, 6) is 0. The van der Waals surface area contributed by atoms with Crippen LogP contribution in [0, 0.1) is 6.92 Å². The number of aromatic nitrogens is 2. The quantitative estimate of drug-likeness (QED) is 0.619. The predicted octanol–water partition coefficient (Wildman–Crippen LogP) is -0.812. The molecule has 0 bridgehead atoms. The number of rotatable bonds is 3. The van der Waals surface area contributed by atoms with E-state index in [1.807, 2.05) is 0 Å². The van der Waals surface area contributed by atoms with Crippen molar-refractivity contribution in [3.05, 3.63) is 32.6 Å². The Morgan fingerprint density at radius 1 is 1.60 bits per heavy atom. The third-order valence-corrected chi connectivity index (χ3v) is 3.03. The minimum atomic E-state index is -1.47. The average Bonchev–Trinajstić information content (AvgIpc) is 2.72. The number of hydrogen-bond acceptors (Lipinski definition) is 6. The van der Waals surface area contributed by atoms with Crippen molar-refractivity contribution in [1.82, 2.24) is 9.55 Å². The monoisotopic (exact) mass is 286 g/mol. The van der Waals surface area contributed by atoms with Gasteiger partial charge in [-0.3, -0.25) is 14.3 Å². The number of aromatic amines is 1. The topological polar surface area (TPSA) is 131 Å². The number of H-pyrrole nitrogens is 1. The molecule has 0 aromatic carbocycles. The lowest BCUT2D eigenvalue weighted by atomic mass is 10.2. The summed E-state index contributed by atoms with van der Waals surface area (Å²) in [6, 6.07) is 0. The van der Waals surface area contributed by atoms with Crippen molar-refractivity contribution in [2.24, 2.45) is 0 Å². The average molecular weight is 286 g/mol. The lowest BCUT2D eigenvalue weighted by molar-refractivity contribution is -0.0548. The largest absolute Gasteiger partial charge is 0.505 e. The molecule has 20 heavy (non-hydrogen) atoms. The number of ether oxygens (including phenoxy) is 2. The van der Waals surface area contributed by atoms with Gasteiger partial charge in [0.1, 0.15) is 18.9 Å². The van der Waals surface area contributed by atoms with Crippen molar-refractivity contribution in [2.45, 2.75) is 31.8 Å². The number of nitrogens with zero attached hydrogens (tertiary/aromatic N) is 1. The van der Waals surface area contributed by atoms with Gasteiger partial charge in [0.05, 0.1) is 6.10 Å². The summed E-state index contributed by atoms with van der Waals surface area (Å²) < 4.78 is 10.9. The first kappa shape index (κ1) is 14.3. The molecule has 1 aliphatic heterocycles. The number of aliphatic hydroxyl groups excluding tert-OH is 1. The minimum Gasteiger partial charge on any atom is -0.450 e. The van der Waals surface area contributed by atoms with E-state index in [-0.39, 0.29) is 13.0 Å². The Bertz CT molecular complexity index is 620. The van der Waals surface area contributed by atoms with E-state index in [1.165, 1.54) is 13.1 Å². The summed E-state index contributed by atoms with van der Waals surface area (Å²) >= 11 is 0. The zero-order chi connectivity index (χ0) is 14.9. The molecule has 1 fully saturated rings. The molecule has 2 heterocycles. The third kappa shape index (κ3) is 2.89. The maximum Gasteiger partial charge on any atom is 0.505 e. The first-order valence-electron chi connectivity index (χ1n) is 5.90. The van der Waals surface area contributed by atoms with Crippen molar-refractivity contribution < 1.29 is 24.5 Å². The van der Waals surface area contributed by atoms with Crippen molar-refractivity contribution in [3.63, 3.8) is 0 Å². The number of aryl methyl sites for hydroxylation is 1. The lowest BCUT2D eigenvalue weighted by Gasteiger charge is -2.15. The van der Waals surface area contributed by atoms with E-state index in [0.717, 1.165) is 4.57 Å². The van der Waals surface area contributed by atoms with Gasteiger partial charge in [0.15, 0.2) is 0 Å². The predicted molar refractivity (Wildman–Crippen MR) is 64.6 cm³/mol. The van der Waals surface area contributed by atoms with Gasteiger partial charge in [-0.2, -0.15) is 0 Å². The van der Waals surface area contributed by atoms with Crippen LogP contribution in [0.1, 0.15) is 18.2 Å². The normalized spacial score (nSPS) is 25.6. The maximum atomic E-state index is 11.7. The van der Waals surface area contributed by atoms with E-state index in [2.05, 4.69) is 9.72 Å². The second kappa shape index (κ2) is 5.47. The molecule has 3 N–H and O–H groups in total. The summed E-state index contributed by atoms with van der Waals surface area (Å²) in [7, 11) is 0. The minimum absolute atomic E-state index is 0.0963. The molecule has 0 unspecified atom stereocenters. The van der Waals surface area contributed by atoms with E-state index in [1.54, 1.807) is 0 Å². The molecule has 1 saturated heterocycles. The highest BCUT2D eigenvalue weighted by molar-refractivity contribution is 5.56. The zero-order valence-electron chi connectivity index (χ0n) is 10.6. The molecule has 1 aromatic rings. The Kier molecular flexibility index (Phi) is 3.91. The number of aliphatic hydroxyl groups is 1. The number of nitrogens with one attached hydrogen (secondary N) is 1. The fraction of sp³-hybridized carbons (Fsp3) is 0.545. The highest BCUT2D eigenvalue weighted by Gasteiger charge is 2.36. The Morgan fingerprint density at radius 3 is 2.95 bits per heavy atom. The Morgan fingerprint density at radius 2 is 2.30 bits per heavy atom. The molecule has 110 valence electrons. The molecule has 0 saturated carbocycles. The highest BCUT2D eigenvalue weighted by Crippen LogP contribution is 2.27. The molecule has 9 nitrogen and oxygen atoms in total. The van der Waals surface area contributed by atoms with Gasteiger partial charge in [-0.15, -0.1) is 0 Å². The van der Waals surface area contributed by atoms with Gasteiger partial charge in [0, 0.05) is 18.2 Å². The lowest BCUT2D eigenvalue weighted by Crippen LogP contribution is -2.33. The molecule has 2 rings (SSSR count). The highest BCUT2D eigenvalue weighted by atomic mass is 16.7. The van der Waals surface area contributed by atoms with Crippen LogP contribution in [0.25, 0.3) is 0 Å². The van der Waals surface area contributed by atoms with Gasteiger partial charge < -0.3 is 19.7 Å². The van der Waals surface area contributed by atoms with Crippen LogP contribution in [0.15, 0.2) is 15.8 Å². The SMILES string of the molecule is Cc1cn([C@H]2C[C@H](O)[C@@H](COC(=O)O)O2)c(=O)[nH]c1=O. The Hall–Kier alpha value is -2.13. The zero-order valence-corrected chi connectivity index (χ0v) is 10.6. The molecule has 3 atom stereocenters. The summed E-state index contributed by atoms with van der Waals surface area (Å²) in [5.41, 5.74) is -0.818. The van der Waals surface area contributed by atoms with Gasteiger partial charge in [-0.05, 0) is 6.92 Å². The van der Waals surface area contributed by atoms with Crippen LogP contribution in [0.4, 0.5) is 4.79 Å². The van der Waals surface area contributed by atoms with Gasteiger partial charge in [0.25, 0.3) is 5.56 Å². The van der Waals surface area contributed by atoms with Gasteiger partial charge in [-0.1, -0.05) is 0 Å². The number of hydrogen-bond donors (Lipinski definition) is 3. The molecule has 0 amide bonds. The summed E-state index contributed by atoms with van der Waals surface area (Å²) in [5, 5.41) is 18.2. The molecule has 1 aromatic heterocycles. The van der Waals surface area contributed by atoms with Crippen molar-refractivity contribution in [2.75, 3.05) is 6.61 Å². The second-order valence-corrected chi connectivity index (χ2v) is 4.49. The first-order valence-corrected chi connectivity index (χ1v) is 5.90. The second-order valence-electron chi connectivity index (χ2n) is 4.49. The van der Waals surface area contributed by atoms with Gasteiger partial charge in [-0.25, -0.2) is 9.59 Å². The van der Waals surface area contributed by atoms with Crippen LogP contribution >= 0.6 is 0 Å². The van der Waals surface area contributed by atoms with Crippen LogP contribution in [0.2, 0.25) is 0 Å². The molecular weight excluding hydrogens is 272 g/mol.